The van der Waals surface area contributed by atoms with Gasteiger partial charge in [-0.05, 0) is 29.7 Å². The summed E-state index contributed by atoms with van der Waals surface area (Å²) in [4.78, 5) is 11.9. The smallest absolute Gasteiger partial charge is 0.257 e. The molecule has 1 aromatic heterocycles. The number of aromatic nitrogens is 2. The molecule has 0 atom stereocenters. The summed E-state index contributed by atoms with van der Waals surface area (Å²) in [6.07, 6.45) is 2.19. The number of nitrogens with one attached hydrogen (secondary N) is 1. The summed E-state index contributed by atoms with van der Waals surface area (Å²) in [5, 5.41) is 6.79. The Balaban J connectivity index is 2.11. The Hall–Kier alpha value is -1.88. The van der Waals surface area contributed by atoms with E-state index < -0.39 is 11.9 Å². The zero-order valence-corrected chi connectivity index (χ0v) is 12.0. The first-order valence-corrected chi connectivity index (χ1v) is 6.63. The molecule has 2 aromatic rings. The van der Waals surface area contributed by atoms with Crippen molar-refractivity contribution in [3.05, 3.63) is 52.1 Å². The molecule has 106 valence electrons. The van der Waals surface area contributed by atoms with Gasteiger partial charge >= 0.3 is 0 Å². The highest BCUT2D eigenvalue weighted by Gasteiger charge is 2.15. The average molecular weight is 296 g/mol. The van der Waals surface area contributed by atoms with Crippen molar-refractivity contribution in [3.63, 3.8) is 0 Å². The number of benzene rings is 1. The van der Waals surface area contributed by atoms with Crippen LogP contribution in [0.4, 0.5) is 4.39 Å². The predicted octanol–water partition coefficient (Wildman–Crippen LogP) is 2.71. The highest BCUT2D eigenvalue weighted by Crippen LogP contribution is 2.17. The first-order valence-electron chi connectivity index (χ1n) is 6.26. The molecular weight excluding hydrogens is 281 g/mol. The maximum absolute atomic E-state index is 13.4. The van der Waals surface area contributed by atoms with Crippen LogP contribution in [0, 0.1) is 5.95 Å². The van der Waals surface area contributed by atoms with Gasteiger partial charge in [0.05, 0.1) is 0 Å². The van der Waals surface area contributed by atoms with Gasteiger partial charge in [0, 0.05) is 24.8 Å². The predicted molar refractivity (Wildman–Crippen MR) is 75.2 cm³/mol. The number of amides is 1. The van der Waals surface area contributed by atoms with Gasteiger partial charge in [-0.15, -0.1) is 5.10 Å². The van der Waals surface area contributed by atoms with Crippen molar-refractivity contribution >= 4 is 17.5 Å². The van der Waals surface area contributed by atoms with Crippen molar-refractivity contribution in [1.29, 1.82) is 0 Å². The lowest BCUT2D eigenvalue weighted by molar-refractivity contribution is 0.0946. The molecule has 1 aromatic carbocycles. The molecule has 0 aliphatic rings. The van der Waals surface area contributed by atoms with E-state index in [0.717, 1.165) is 17.5 Å². The summed E-state index contributed by atoms with van der Waals surface area (Å²) >= 11 is 5.95. The van der Waals surface area contributed by atoms with Crippen molar-refractivity contribution in [2.75, 3.05) is 0 Å². The van der Waals surface area contributed by atoms with E-state index in [1.807, 2.05) is 19.1 Å². The zero-order chi connectivity index (χ0) is 14.7. The third kappa shape index (κ3) is 3.17. The maximum atomic E-state index is 13.4. The second-order valence-corrected chi connectivity index (χ2v) is 4.89. The van der Waals surface area contributed by atoms with Crippen LogP contribution in [0.3, 0.4) is 0 Å². The minimum atomic E-state index is -0.771. The van der Waals surface area contributed by atoms with Gasteiger partial charge < -0.3 is 5.32 Å². The SMILES string of the molecule is CCc1ccc(Cl)cc1CNC(=O)c1cn(C)nc1F. The molecule has 1 N–H and O–H groups in total. The van der Waals surface area contributed by atoms with Gasteiger partial charge in [-0.25, -0.2) is 0 Å². The summed E-state index contributed by atoms with van der Waals surface area (Å²) in [5.74, 6) is -1.26. The van der Waals surface area contributed by atoms with E-state index in [0.29, 0.717) is 11.6 Å². The first-order chi connectivity index (χ1) is 9.51. The molecule has 0 fully saturated rings. The van der Waals surface area contributed by atoms with Gasteiger partial charge in [0.25, 0.3) is 5.91 Å². The summed E-state index contributed by atoms with van der Waals surface area (Å²) in [5.41, 5.74) is 1.96. The molecule has 1 amide bonds. The first kappa shape index (κ1) is 14.5. The van der Waals surface area contributed by atoms with Gasteiger partial charge in [0.15, 0.2) is 0 Å². The van der Waals surface area contributed by atoms with Gasteiger partial charge in [-0.3, -0.25) is 9.48 Å². The van der Waals surface area contributed by atoms with E-state index in [9.17, 15) is 9.18 Å². The van der Waals surface area contributed by atoms with Gasteiger partial charge in [-0.1, -0.05) is 24.6 Å². The number of aryl methyl sites for hydroxylation is 2. The van der Waals surface area contributed by atoms with E-state index in [1.165, 1.54) is 10.9 Å². The number of carbonyl (C=O) groups excluding carboxylic acids is 1. The van der Waals surface area contributed by atoms with Crippen LogP contribution in [-0.2, 0) is 20.0 Å². The third-order valence-electron chi connectivity index (χ3n) is 3.02. The topological polar surface area (TPSA) is 46.9 Å². The fraction of sp³-hybridized carbons (Fsp3) is 0.286. The number of carbonyl (C=O) groups is 1. The van der Waals surface area contributed by atoms with Crippen molar-refractivity contribution in [2.24, 2.45) is 7.05 Å². The van der Waals surface area contributed by atoms with Crippen LogP contribution >= 0.6 is 11.6 Å². The molecule has 0 saturated carbocycles. The van der Waals surface area contributed by atoms with Crippen LogP contribution in [0.1, 0.15) is 28.4 Å². The molecule has 4 nitrogen and oxygen atoms in total. The zero-order valence-electron chi connectivity index (χ0n) is 11.3. The van der Waals surface area contributed by atoms with E-state index in [1.54, 1.807) is 13.1 Å². The molecule has 2 rings (SSSR count). The molecular formula is C14H15ClFN3O. The lowest BCUT2D eigenvalue weighted by atomic mass is 10.1. The van der Waals surface area contributed by atoms with Crippen LogP contribution in [0.25, 0.3) is 0 Å². The molecule has 0 aliphatic heterocycles. The van der Waals surface area contributed by atoms with Gasteiger partial charge in [0.2, 0.25) is 5.95 Å². The Morgan fingerprint density at radius 2 is 2.20 bits per heavy atom. The van der Waals surface area contributed by atoms with Crippen molar-refractivity contribution in [2.45, 2.75) is 19.9 Å². The molecule has 0 radical (unpaired) electrons. The van der Waals surface area contributed by atoms with Crippen molar-refractivity contribution in [3.8, 4) is 0 Å². The maximum Gasteiger partial charge on any atom is 0.257 e. The summed E-state index contributed by atoms with van der Waals surface area (Å²) in [7, 11) is 1.56. The molecule has 0 aliphatic carbocycles. The molecule has 0 saturated heterocycles. The fourth-order valence-corrected chi connectivity index (χ4v) is 2.18. The molecule has 1 heterocycles. The van der Waals surface area contributed by atoms with Crippen molar-refractivity contribution in [1.82, 2.24) is 15.1 Å². The second kappa shape index (κ2) is 6.05. The van der Waals surface area contributed by atoms with Gasteiger partial charge in [-0.2, -0.15) is 4.39 Å². The summed E-state index contributed by atoms with van der Waals surface area (Å²) in [6.45, 7) is 2.33. The quantitative estimate of drug-likeness (QED) is 0.943. The van der Waals surface area contributed by atoms with Crippen LogP contribution in [0.15, 0.2) is 24.4 Å². The van der Waals surface area contributed by atoms with E-state index in [-0.39, 0.29) is 5.56 Å². The Morgan fingerprint density at radius 3 is 2.80 bits per heavy atom. The van der Waals surface area contributed by atoms with Crippen molar-refractivity contribution < 1.29 is 9.18 Å². The Morgan fingerprint density at radius 1 is 1.45 bits per heavy atom. The van der Waals surface area contributed by atoms with Crippen LogP contribution in [-0.4, -0.2) is 15.7 Å². The lowest BCUT2D eigenvalue weighted by Crippen LogP contribution is -2.23. The number of hydrogen-bond donors (Lipinski definition) is 1. The van der Waals surface area contributed by atoms with E-state index >= 15 is 0 Å². The normalized spacial score (nSPS) is 10.6. The Kier molecular flexibility index (Phi) is 4.39. The Labute approximate surface area is 121 Å². The highest BCUT2D eigenvalue weighted by molar-refractivity contribution is 6.30. The molecule has 20 heavy (non-hydrogen) atoms. The molecule has 6 heteroatoms. The van der Waals surface area contributed by atoms with E-state index in [2.05, 4.69) is 10.4 Å². The number of rotatable bonds is 4. The summed E-state index contributed by atoms with van der Waals surface area (Å²) < 4.78 is 14.6. The third-order valence-corrected chi connectivity index (χ3v) is 3.25. The average Bonchev–Trinajstić information content (AvgIpc) is 2.75. The number of halogens is 2. The van der Waals surface area contributed by atoms with Crippen LogP contribution in [0.5, 0.6) is 0 Å². The second-order valence-electron chi connectivity index (χ2n) is 4.46. The van der Waals surface area contributed by atoms with Crippen LogP contribution < -0.4 is 5.32 Å². The Bertz CT molecular complexity index is 639. The minimum absolute atomic E-state index is 0.0624. The minimum Gasteiger partial charge on any atom is -0.348 e. The number of nitrogens with zero attached hydrogens (tertiary/aromatic N) is 2. The lowest BCUT2D eigenvalue weighted by Gasteiger charge is -2.09. The standard InChI is InChI=1S/C14H15ClFN3O/c1-3-9-4-5-11(15)6-10(9)7-17-14(20)12-8-19(2)18-13(12)16/h4-6,8H,3,7H2,1-2H3,(H,17,20). The number of hydrogen-bond acceptors (Lipinski definition) is 2. The monoisotopic (exact) mass is 295 g/mol. The van der Waals surface area contributed by atoms with E-state index in [4.69, 9.17) is 11.6 Å². The largest absolute Gasteiger partial charge is 0.348 e. The molecule has 0 bridgehead atoms. The molecule has 0 unspecified atom stereocenters. The van der Waals surface area contributed by atoms with Crippen LogP contribution in [0.2, 0.25) is 5.02 Å². The van der Waals surface area contributed by atoms with Gasteiger partial charge in [0.1, 0.15) is 5.56 Å². The summed E-state index contributed by atoms with van der Waals surface area (Å²) in [6, 6.07) is 5.54. The highest BCUT2D eigenvalue weighted by atomic mass is 35.5. The fourth-order valence-electron chi connectivity index (χ4n) is 1.99. The molecule has 0 spiro atoms.